The van der Waals surface area contributed by atoms with Crippen LogP contribution in [0.15, 0.2) is 18.2 Å². The van der Waals surface area contributed by atoms with Gasteiger partial charge in [-0.15, -0.1) is 0 Å². The average molecular weight is 261 g/mol. The summed E-state index contributed by atoms with van der Waals surface area (Å²) in [5, 5.41) is 11.9. The van der Waals surface area contributed by atoms with Crippen LogP contribution in [-0.2, 0) is 11.2 Å². The number of carboxylic acid groups (broad SMARTS) is 1. The zero-order valence-electron chi connectivity index (χ0n) is 11.4. The average Bonchev–Trinajstić information content (AvgIpc) is 2.89. The van der Waals surface area contributed by atoms with E-state index in [2.05, 4.69) is 19.2 Å². The fourth-order valence-corrected chi connectivity index (χ4v) is 2.36. The van der Waals surface area contributed by atoms with Gasteiger partial charge in [0.25, 0.3) is 0 Å². The molecule has 2 N–H and O–H groups in total. The second-order valence-electron chi connectivity index (χ2n) is 5.43. The number of aromatic carboxylic acids is 1. The number of rotatable bonds is 4. The smallest absolute Gasteiger partial charge is 0.335 e. The highest BCUT2D eigenvalue weighted by molar-refractivity contribution is 5.88. The van der Waals surface area contributed by atoms with E-state index in [9.17, 15) is 9.59 Å². The van der Waals surface area contributed by atoms with Crippen molar-refractivity contribution >= 4 is 11.9 Å². The standard InChI is InChI=1S/C15H19NO3/c1-8-6-12(15(18)19)5-4-11(8)7-13(17)16-14-9(2)10(14)3/h4-6,9-10,14H,7H2,1-3H3,(H,16,17)(H,18,19)/t9-,10+,14?. The first-order chi connectivity index (χ1) is 8.90. The minimum atomic E-state index is -0.945. The molecule has 0 aliphatic heterocycles. The number of hydrogen-bond donors (Lipinski definition) is 2. The van der Waals surface area contributed by atoms with Gasteiger partial charge in [0, 0.05) is 6.04 Å². The molecule has 1 fully saturated rings. The Labute approximate surface area is 112 Å². The first kappa shape index (κ1) is 13.6. The fourth-order valence-electron chi connectivity index (χ4n) is 2.36. The van der Waals surface area contributed by atoms with Crippen molar-refractivity contribution in [1.29, 1.82) is 0 Å². The summed E-state index contributed by atoms with van der Waals surface area (Å²) in [6, 6.07) is 5.16. The van der Waals surface area contributed by atoms with Crippen LogP contribution < -0.4 is 5.32 Å². The SMILES string of the molecule is Cc1cc(C(=O)O)ccc1CC(=O)NC1[C@@H](C)[C@H]1C. The van der Waals surface area contributed by atoms with E-state index in [4.69, 9.17) is 5.11 Å². The third-order valence-electron chi connectivity index (χ3n) is 4.09. The monoisotopic (exact) mass is 261 g/mol. The zero-order chi connectivity index (χ0) is 14.2. The Morgan fingerprint density at radius 3 is 2.37 bits per heavy atom. The fraction of sp³-hybridized carbons (Fsp3) is 0.467. The predicted octanol–water partition coefficient (Wildman–Crippen LogP) is 2.01. The van der Waals surface area contributed by atoms with Crippen LogP contribution in [0.3, 0.4) is 0 Å². The number of amides is 1. The summed E-state index contributed by atoms with van der Waals surface area (Å²) in [5.41, 5.74) is 1.97. The van der Waals surface area contributed by atoms with Gasteiger partial charge in [0.1, 0.15) is 0 Å². The summed E-state index contributed by atoms with van der Waals surface area (Å²) < 4.78 is 0. The van der Waals surface area contributed by atoms with Crippen molar-refractivity contribution in [2.75, 3.05) is 0 Å². The molecule has 1 aliphatic carbocycles. The molecular weight excluding hydrogens is 242 g/mol. The molecule has 2 rings (SSSR count). The van der Waals surface area contributed by atoms with Gasteiger partial charge in [0.15, 0.2) is 0 Å². The molecule has 0 heterocycles. The summed E-state index contributed by atoms with van der Waals surface area (Å²) >= 11 is 0. The normalized spacial score (nSPS) is 24.9. The van der Waals surface area contributed by atoms with Crippen LogP contribution in [0.5, 0.6) is 0 Å². The summed E-state index contributed by atoms with van der Waals surface area (Å²) in [4.78, 5) is 22.7. The van der Waals surface area contributed by atoms with E-state index < -0.39 is 5.97 Å². The molecule has 4 nitrogen and oxygen atoms in total. The van der Waals surface area contributed by atoms with Crippen molar-refractivity contribution < 1.29 is 14.7 Å². The molecule has 1 saturated carbocycles. The molecule has 0 aromatic heterocycles. The molecule has 1 aliphatic rings. The first-order valence-corrected chi connectivity index (χ1v) is 6.52. The number of aryl methyl sites for hydroxylation is 1. The van der Waals surface area contributed by atoms with Gasteiger partial charge in [0.2, 0.25) is 5.91 Å². The highest BCUT2D eigenvalue weighted by Gasteiger charge is 2.43. The van der Waals surface area contributed by atoms with Gasteiger partial charge in [-0.2, -0.15) is 0 Å². The van der Waals surface area contributed by atoms with Crippen LogP contribution in [0.4, 0.5) is 0 Å². The third kappa shape index (κ3) is 2.95. The van der Waals surface area contributed by atoms with Crippen molar-refractivity contribution in [2.45, 2.75) is 33.2 Å². The van der Waals surface area contributed by atoms with Crippen LogP contribution in [-0.4, -0.2) is 23.0 Å². The maximum atomic E-state index is 11.9. The quantitative estimate of drug-likeness (QED) is 0.871. The summed E-state index contributed by atoms with van der Waals surface area (Å²) in [6.07, 6.45) is 0.307. The molecule has 102 valence electrons. The van der Waals surface area contributed by atoms with Gasteiger partial charge >= 0.3 is 5.97 Å². The largest absolute Gasteiger partial charge is 0.478 e. The van der Waals surface area contributed by atoms with Crippen LogP contribution in [0, 0.1) is 18.8 Å². The topological polar surface area (TPSA) is 66.4 Å². The maximum absolute atomic E-state index is 11.9. The summed E-state index contributed by atoms with van der Waals surface area (Å²) in [7, 11) is 0. The first-order valence-electron chi connectivity index (χ1n) is 6.52. The lowest BCUT2D eigenvalue weighted by Gasteiger charge is -2.08. The van der Waals surface area contributed by atoms with E-state index in [0.29, 0.717) is 24.3 Å². The number of carboxylic acids is 1. The summed E-state index contributed by atoms with van der Waals surface area (Å²) in [6.45, 7) is 6.09. The van der Waals surface area contributed by atoms with Gasteiger partial charge in [-0.25, -0.2) is 4.79 Å². The number of carbonyl (C=O) groups excluding carboxylic acids is 1. The molecule has 1 amide bonds. The van der Waals surface area contributed by atoms with Gasteiger partial charge in [-0.1, -0.05) is 19.9 Å². The molecule has 4 heteroatoms. The highest BCUT2D eigenvalue weighted by atomic mass is 16.4. The Balaban J connectivity index is 1.99. The highest BCUT2D eigenvalue weighted by Crippen LogP contribution is 2.37. The maximum Gasteiger partial charge on any atom is 0.335 e. The zero-order valence-corrected chi connectivity index (χ0v) is 11.4. The third-order valence-corrected chi connectivity index (χ3v) is 4.09. The van der Waals surface area contributed by atoms with Crippen LogP contribution in [0.2, 0.25) is 0 Å². The lowest BCUT2D eigenvalue weighted by Crippen LogP contribution is -2.29. The van der Waals surface area contributed by atoms with Crippen molar-refractivity contribution in [3.05, 3.63) is 34.9 Å². The minimum Gasteiger partial charge on any atom is -0.478 e. The van der Waals surface area contributed by atoms with Gasteiger partial charge < -0.3 is 10.4 Å². The molecule has 1 aromatic carbocycles. The van der Waals surface area contributed by atoms with Gasteiger partial charge in [-0.3, -0.25) is 4.79 Å². The van der Waals surface area contributed by atoms with Crippen LogP contribution in [0.1, 0.15) is 35.3 Å². The van der Waals surface area contributed by atoms with Gasteiger partial charge in [0.05, 0.1) is 12.0 Å². The molecular formula is C15H19NO3. The minimum absolute atomic E-state index is 0.00683. The number of benzene rings is 1. The van der Waals surface area contributed by atoms with E-state index in [-0.39, 0.29) is 11.5 Å². The summed E-state index contributed by atoms with van der Waals surface area (Å²) in [5.74, 6) is 0.172. The molecule has 0 spiro atoms. The second-order valence-corrected chi connectivity index (χ2v) is 5.43. The van der Waals surface area contributed by atoms with Crippen LogP contribution >= 0.6 is 0 Å². The Bertz CT molecular complexity index is 516. The van der Waals surface area contributed by atoms with Crippen molar-refractivity contribution in [3.63, 3.8) is 0 Å². The lowest BCUT2D eigenvalue weighted by molar-refractivity contribution is -0.120. The number of hydrogen-bond acceptors (Lipinski definition) is 2. The second kappa shape index (κ2) is 5.03. The predicted molar refractivity (Wildman–Crippen MR) is 72.1 cm³/mol. The number of nitrogens with one attached hydrogen (secondary N) is 1. The lowest BCUT2D eigenvalue weighted by atomic mass is 10.0. The molecule has 0 radical (unpaired) electrons. The van der Waals surface area contributed by atoms with E-state index in [1.165, 1.54) is 0 Å². The molecule has 0 bridgehead atoms. The molecule has 19 heavy (non-hydrogen) atoms. The Morgan fingerprint density at radius 1 is 1.26 bits per heavy atom. The Kier molecular flexibility index (Phi) is 3.60. The van der Waals surface area contributed by atoms with Crippen molar-refractivity contribution in [1.82, 2.24) is 5.32 Å². The van der Waals surface area contributed by atoms with Crippen molar-refractivity contribution in [2.24, 2.45) is 11.8 Å². The molecule has 1 aromatic rings. The van der Waals surface area contributed by atoms with E-state index in [1.54, 1.807) is 18.2 Å². The van der Waals surface area contributed by atoms with Crippen molar-refractivity contribution in [3.8, 4) is 0 Å². The Hall–Kier alpha value is -1.84. The Morgan fingerprint density at radius 2 is 1.89 bits per heavy atom. The van der Waals surface area contributed by atoms with E-state index in [1.807, 2.05) is 6.92 Å². The number of carbonyl (C=O) groups is 2. The van der Waals surface area contributed by atoms with E-state index >= 15 is 0 Å². The van der Waals surface area contributed by atoms with Gasteiger partial charge in [-0.05, 0) is 42.0 Å². The molecule has 3 atom stereocenters. The molecule has 1 unspecified atom stereocenters. The van der Waals surface area contributed by atoms with E-state index in [0.717, 1.165) is 11.1 Å². The molecule has 0 saturated heterocycles. The van der Waals surface area contributed by atoms with Crippen LogP contribution in [0.25, 0.3) is 0 Å².